The Hall–Kier alpha value is -2.17. The van der Waals surface area contributed by atoms with Crippen LogP contribution in [0.25, 0.3) is 0 Å². The van der Waals surface area contributed by atoms with Crippen molar-refractivity contribution in [1.82, 2.24) is 10.2 Å². The maximum absolute atomic E-state index is 12.5. The van der Waals surface area contributed by atoms with Crippen LogP contribution in [0.3, 0.4) is 0 Å². The molecule has 7 nitrogen and oxygen atoms in total. The second-order valence-corrected chi connectivity index (χ2v) is 8.07. The Kier molecular flexibility index (Phi) is 9.95. The number of ether oxygens (including phenoxy) is 3. The van der Waals surface area contributed by atoms with E-state index in [0.717, 1.165) is 49.6 Å². The molecule has 4 rings (SSSR count). The van der Waals surface area contributed by atoms with Crippen molar-refractivity contribution in [3.63, 3.8) is 0 Å². The molecule has 1 N–H and O–H groups in total. The number of halogens is 1. The van der Waals surface area contributed by atoms with E-state index in [-0.39, 0.29) is 48.8 Å². The largest absolute Gasteiger partial charge is 0.457 e. The van der Waals surface area contributed by atoms with Crippen molar-refractivity contribution in [2.24, 2.45) is 4.99 Å². The number of aliphatic imine (C=N–C) groups is 1. The van der Waals surface area contributed by atoms with Crippen molar-refractivity contribution in [2.75, 3.05) is 33.4 Å². The molecule has 8 heteroatoms. The van der Waals surface area contributed by atoms with Crippen molar-refractivity contribution in [1.29, 1.82) is 0 Å². The molecule has 2 aromatic rings. The molecule has 2 aliphatic rings. The number of hydrogen-bond donors (Lipinski definition) is 1. The van der Waals surface area contributed by atoms with Crippen molar-refractivity contribution < 1.29 is 19.0 Å². The Labute approximate surface area is 212 Å². The second kappa shape index (κ2) is 12.9. The fourth-order valence-corrected chi connectivity index (χ4v) is 4.12. The van der Waals surface area contributed by atoms with E-state index in [1.54, 1.807) is 13.1 Å². The molecular weight excluding hydrogens is 533 g/mol. The first-order valence-electron chi connectivity index (χ1n) is 11.2. The minimum absolute atomic E-state index is 0. The number of carbonyl (C=O) groups is 1. The Balaban J connectivity index is 0.00000306. The van der Waals surface area contributed by atoms with E-state index in [1.165, 1.54) is 0 Å². The first-order chi connectivity index (χ1) is 15.7. The Morgan fingerprint density at radius 1 is 1.09 bits per heavy atom. The fourth-order valence-electron chi connectivity index (χ4n) is 4.12. The minimum Gasteiger partial charge on any atom is -0.457 e. The van der Waals surface area contributed by atoms with Crippen molar-refractivity contribution >= 4 is 35.9 Å². The highest BCUT2D eigenvalue weighted by Gasteiger charge is 2.32. The standard InChI is InChI=1S/C25H31N3O4.HI/c1-26-25(28-12-14-31-23(17-28)22-11-6-13-30-22)27-16-20-9-5-10-21(15-20)24(29)32-18-19-7-3-2-4-8-19;/h2-5,7-10,15,22-23H,6,11-14,16-18H2,1H3,(H,26,27);1H. The van der Waals surface area contributed by atoms with E-state index in [4.69, 9.17) is 14.2 Å². The lowest BCUT2D eigenvalue weighted by molar-refractivity contribution is -0.0817. The quantitative estimate of drug-likeness (QED) is 0.250. The molecule has 2 heterocycles. The van der Waals surface area contributed by atoms with Crippen LogP contribution in [0, 0.1) is 0 Å². The number of carbonyl (C=O) groups excluding carboxylic acids is 1. The van der Waals surface area contributed by atoms with Gasteiger partial charge in [-0.05, 0) is 36.1 Å². The van der Waals surface area contributed by atoms with E-state index in [2.05, 4.69) is 15.2 Å². The molecule has 0 aliphatic carbocycles. The summed E-state index contributed by atoms with van der Waals surface area (Å²) in [6.45, 7) is 3.85. The van der Waals surface area contributed by atoms with Crippen LogP contribution in [-0.2, 0) is 27.4 Å². The minimum atomic E-state index is -0.326. The first kappa shape index (κ1) is 25.5. The summed E-state index contributed by atoms with van der Waals surface area (Å²) in [4.78, 5) is 19.1. The monoisotopic (exact) mass is 565 g/mol. The van der Waals surface area contributed by atoms with Gasteiger partial charge in [-0.1, -0.05) is 42.5 Å². The van der Waals surface area contributed by atoms with Gasteiger partial charge in [-0.3, -0.25) is 4.99 Å². The third kappa shape index (κ3) is 7.15. The average Bonchev–Trinajstić information content (AvgIpc) is 3.39. The number of hydrogen-bond acceptors (Lipinski definition) is 5. The molecule has 0 bridgehead atoms. The van der Waals surface area contributed by atoms with E-state index < -0.39 is 0 Å². The number of nitrogens with one attached hydrogen (secondary N) is 1. The van der Waals surface area contributed by atoms with Gasteiger partial charge in [0.15, 0.2) is 5.96 Å². The molecule has 2 fully saturated rings. The molecule has 0 radical (unpaired) electrons. The zero-order chi connectivity index (χ0) is 22.2. The number of esters is 1. The van der Waals surface area contributed by atoms with E-state index >= 15 is 0 Å². The zero-order valence-electron chi connectivity index (χ0n) is 18.9. The maximum atomic E-state index is 12.5. The number of benzene rings is 2. The van der Waals surface area contributed by atoms with Crippen molar-refractivity contribution in [2.45, 2.75) is 38.2 Å². The lowest BCUT2D eigenvalue weighted by atomic mass is 10.1. The fraction of sp³-hybridized carbons (Fsp3) is 0.440. The Bertz CT molecular complexity index is 919. The Morgan fingerprint density at radius 2 is 1.88 bits per heavy atom. The highest BCUT2D eigenvalue weighted by molar-refractivity contribution is 14.0. The number of nitrogens with zero attached hydrogens (tertiary/aromatic N) is 2. The molecule has 0 amide bonds. The first-order valence-corrected chi connectivity index (χ1v) is 11.2. The van der Waals surface area contributed by atoms with Gasteiger partial charge in [-0.25, -0.2) is 4.79 Å². The van der Waals surface area contributed by atoms with Crippen LogP contribution in [0.2, 0.25) is 0 Å². The van der Waals surface area contributed by atoms with Gasteiger partial charge in [-0.2, -0.15) is 0 Å². The summed E-state index contributed by atoms with van der Waals surface area (Å²) in [5.41, 5.74) is 2.50. The summed E-state index contributed by atoms with van der Waals surface area (Å²) in [6, 6.07) is 17.2. The molecule has 0 saturated carbocycles. The molecule has 178 valence electrons. The van der Waals surface area contributed by atoms with Crippen LogP contribution >= 0.6 is 24.0 Å². The summed E-state index contributed by atoms with van der Waals surface area (Å²) in [7, 11) is 1.79. The van der Waals surface area contributed by atoms with Crippen LogP contribution in [0.4, 0.5) is 0 Å². The van der Waals surface area contributed by atoms with Crippen molar-refractivity contribution in [3.8, 4) is 0 Å². The lowest BCUT2D eigenvalue weighted by Gasteiger charge is -2.37. The molecule has 2 saturated heterocycles. The van der Waals surface area contributed by atoms with Crippen LogP contribution in [0.15, 0.2) is 59.6 Å². The lowest BCUT2D eigenvalue weighted by Crippen LogP contribution is -2.53. The summed E-state index contributed by atoms with van der Waals surface area (Å²) in [6.07, 6.45) is 2.40. The van der Waals surface area contributed by atoms with E-state index in [1.807, 2.05) is 48.5 Å². The summed E-state index contributed by atoms with van der Waals surface area (Å²) >= 11 is 0. The third-order valence-electron chi connectivity index (χ3n) is 5.81. The van der Waals surface area contributed by atoms with Gasteiger partial charge in [0.1, 0.15) is 12.7 Å². The Morgan fingerprint density at radius 3 is 2.64 bits per heavy atom. The van der Waals surface area contributed by atoms with E-state index in [0.29, 0.717) is 18.7 Å². The van der Waals surface area contributed by atoms with Crippen LogP contribution in [-0.4, -0.2) is 62.4 Å². The van der Waals surface area contributed by atoms with Crippen LogP contribution in [0.5, 0.6) is 0 Å². The van der Waals surface area contributed by atoms with Gasteiger partial charge < -0.3 is 24.4 Å². The second-order valence-electron chi connectivity index (χ2n) is 8.07. The summed E-state index contributed by atoms with van der Waals surface area (Å²) in [5, 5.41) is 3.42. The molecule has 0 aromatic heterocycles. The van der Waals surface area contributed by atoms with Crippen molar-refractivity contribution in [3.05, 3.63) is 71.3 Å². The summed E-state index contributed by atoms with van der Waals surface area (Å²) in [5.74, 6) is 0.501. The van der Waals surface area contributed by atoms with Gasteiger partial charge in [0.2, 0.25) is 0 Å². The van der Waals surface area contributed by atoms with Gasteiger partial charge in [0.05, 0.1) is 18.3 Å². The van der Waals surface area contributed by atoms with E-state index in [9.17, 15) is 4.79 Å². The SMILES string of the molecule is CN=C(NCc1cccc(C(=O)OCc2ccccc2)c1)N1CCOC(C2CCCO2)C1.I. The third-order valence-corrected chi connectivity index (χ3v) is 5.81. The highest BCUT2D eigenvalue weighted by Crippen LogP contribution is 2.21. The molecule has 2 aromatic carbocycles. The molecule has 2 aliphatic heterocycles. The molecular formula is C25H32IN3O4. The summed E-state index contributed by atoms with van der Waals surface area (Å²) < 4.78 is 17.2. The number of guanidine groups is 1. The number of rotatable bonds is 6. The van der Waals surface area contributed by atoms with Gasteiger partial charge >= 0.3 is 5.97 Å². The zero-order valence-corrected chi connectivity index (χ0v) is 21.3. The smallest absolute Gasteiger partial charge is 0.338 e. The predicted octanol–water partition coefficient (Wildman–Crippen LogP) is 3.62. The molecule has 0 spiro atoms. The number of morpholine rings is 1. The van der Waals surface area contributed by atoms with Crippen LogP contribution in [0.1, 0.15) is 34.3 Å². The maximum Gasteiger partial charge on any atom is 0.338 e. The highest BCUT2D eigenvalue weighted by atomic mass is 127. The average molecular weight is 565 g/mol. The van der Waals surface area contributed by atoms with Gasteiger partial charge in [0.25, 0.3) is 0 Å². The normalized spacial score (nSPS) is 20.8. The molecule has 33 heavy (non-hydrogen) atoms. The van der Waals surface area contributed by atoms with Gasteiger partial charge in [0, 0.05) is 33.3 Å². The van der Waals surface area contributed by atoms with Gasteiger partial charge in [-0.15, -0.1) is 24.0 Å². The van der Waals surface area contributed by atoms with Crippen LogP contribution < -0.4 is 5.32 Å². The molecule has 2 unspecified atom stereocenters. The molecule has 2 atom stereocenters. The predicted molar refractivity (Wildman–Crippen MR) is 138 cm³/mol. The topological polar surface area (TPSA) is 72.4 Å².